The molecule has 1 aromatic heterocycles. The summed E-state index contributed by atoms with van der Waals surface area (Å²) in [5, 5.41) is 4.12. The maximum atomic E-state index is 6.09. The number of hydrogen-bond acceptors (Lipinski definition) is 5. The first kappa shape index (κ1) is 14.8. The minimum Gasteiger partial charge on any atom is -0.382 e. The summed E-state index contributed by atoms with van der Waals surface area (Å²) in [6, 6.07) is 7.21. The number of nitrogens with two attached hydrogens (primary N) is 2. The Balaban J connectivity index is 2.23. The number of halogens is 2. The standard InChI is InChI=1S/C13H15Cl2N5/c14-8-3-5-9(6-4-8)18-13-19-10(2-1-7-16)11(15)12(17)20-13/h3-6H,1-2,7,16H2,(H3,17,18,19,20). The van der Waals surface area contributed by atoms with Gasteiger partial charge < -0.3 is 16.8 Å². The molecule has 0 atom stereocenters. The van der Waals surface area contributed by atoms with Crippen LogP contribution in [0.3, 0.4) is 0 Å². The fourth-order valence-corrected chi connectivity index (χ4v) is 1.97. The summed E-state index contributed by atoms with van der Waals surface area (Å²) < 4.78 is 0. The number of nitrogens with one attached hydrogen (secondary N) is 1. The van der Waals surface area contributed by atoms with E-state index in [2.05, 4.69) is 15.3 Å². The molecular formula is C13H15Cl2N5. The third-order valence-electron chi connectivity index (χ3n) is 2.66. The molecule has 5 nitrogen and oxygen atoms in total. The zero-order valence-electron chi connectivity index (χ0n) is 10.7. The number of nitrogen functional groups attached to an aromatic ring is 1. The number of aromatic nitrogens is 2. The molecule has 2 aromatic rings. The van der Waals surface area contributed by atoms with Gasteiger partial charge in [0.05, 0.1) is 5.69 Å². The lowest BCUT2D eigenvalue weighted by Crippen LogP contribution is -2.07. The van der Waals surface area contributed by atoms with Gasteiger partial charge in [0, 0.05) is 10.7 Å². The van der Waals surface area contributed by atoms with Gasteiger partial charge >= 0.3 is 0 Å². The van der Waals surface area contributed by atoms with E-state index in [0.717, 1.165) is 12.1 Å². The first-order valence-electron chi connectivity index (χ1n) is 6.14. The lowest BCUT2D eigenvalue weighted by atomic mass is 10.2. The molecule has 0 spiro atoms. The van der Waals surface area contributed by atoms with E-state index in [9.17, 15) is 0 Å². The average Bonchev–Trinajstić information content (AvgIpc) is 2.43. The Labute approximate surface area is 127 Å². The summed E-state index contributed by atoms with van der Waals surface area (Å²) in [6.45, 7) is 0.570. The van der Waals surface area contributed by atoms with Crippen LogP contribution in [0.4, 0.5) is 17.5 Å². The first-order chi connectivity index (χ1) is 9.60. The minimum atomic E-state index is 0.255. The Bertz CT molecular complexity index is 586. The highest BCUT2D eigenvalue weighted by molar-refractivity contribution is 6.33. The first-order valence-corrected chi connectivity index (χ1v) is 6.90. The molecule has 0 radical (unpaired) electrons. The Hall–Kier alpha value is -1.56. The Kier molecular flexibility index (Phi) is 5.00. The molecule has 1 heterocycles. The lowest BCUT2D eigenvalue weighted by Gasteiger charge is -2.10. The molecule has 0 aliphatic rings. The minimum absolute atomic E-state index is 0.255. The maximum absolute atomic E-state index is 6.09. The van der Waals surface area contributed by atoms with Crippen molar-refractivity contribution in [3.05, 3.63) is 40.0 Å². The van der Waals surface area contributed by atoms with Crippen LogP contribution >= 0.6 is 23.2 Å². The molecule has 106 valence electrons. The van der Waals surface area contributed by atoms with E-state index in [0.29, 0.717) is 34.7 Å². The third kappa shape index (κ3) is 3.72. The monoisotopic (exact) mass is 311 g/mol. The molecule has 0 aliphatic carbocycles. The van der Waals surface area contributed by atoms with Crippen molar-refractivity contribution < 1.29 is 0 Å². The van der Waals surface area contributed by atoms with Crippen LogP contribution in [0.5, 0.6) is 0 Å². The summed E-state index contributed by atoms with van der Waals surface area (Å²) in [6.07, 6.45) is 1.45. The fraction of sp³-hybridized carbons (Fsp3) is 0.231. The topological polar surface area (TPSA) is 89.8 Å². The van der Waals surface area contributed by atoms with Crippen molar-refractivity contribution in [3.63, 3.8) is 0 Å². The smallest absolute Gasteiger partial charge is 0.229 e. The Morgan fingerprint density at radius 3 is 2.45 bits per heavy atom. The number of anilines is 3. The van der Waals surface area contributed by atoms with Crippen LogP contribution in [0, 0.1) is 0 Å². The predicted molar refractivity (Wildman–Crippen MR) is 83.6 cm³/mol. The lowest BCUT2D eigenvalue weighted by molar-refractivity contribution is 0.808. The second-order valence-electron chi connectivity index (χ2n) is 4.22. The molecule has 1 aromatic carbocycles. The van der Waals surface area contributed by atoms with Crippen molar-refractivity contribution in [2.75, 3.05) is 17.6 Å². The number of aryl methyl sites for hydroxylation is 1. The van der Waals surface area contributed by atoms with Gasteiger partial charge in [0.1, 0.15) is 10.8 Å². The van der Waals surface area contributed by atoms with Crippen LogP contribution in [0.25, 0.3) is 0 Å². The van der Waals surface area contributed by atoms with Crippen LogP contribution in [-0.2, 0) is 6.42 Å². The summed E-state index contributed by atoms with van der Waals surface area (Å²) in [7, 11) is 0. The van der Waals surface area contributed by atoms with Crippen molar-refractivity contribution in [2.24, 2.45) is 5.73 Å². The molecular weight excluding hydrogens is 297 g/mol. The van der Waals surface area contributed by atoms with Crippen molar-refractivity contribution in [1.82, 2.24) is 9.97 Å². The van der Waals surface area contributed by atoms with E-state index in [-0.39, 0.29) is 5.82 Å². The molecule has 0 fully saturated rings. The van der Waals surface area contributed by atoms with Crippen LogP contribution in [0.15, 0.2) is 24.3 Å². The van der Waals surface area contributed by atoms with Crippen LogP contribution in [0.1, 0.15) is 12.1 Å². The van der Waals surface area contributed by atoms with Crippen LogP contribution in [0.2, 0.25) is 10.0 Å². The average molecular weight is 312 g/mol. The molecule has 0 aliphatic heterocycles. The largest absolute Gasteiger partial charge is 0.382 e. The summed E-state index contributed by atoms with van der Waals surface area (Å²) >= 11 is 11.9. The highest BCUT2D eigenvalue weighted by Gasteiger charge is 2.10. The van der Waals surface area contributed by atoms with Gasteiger partial charge in [-0.25, -0.2) is 4.98 Å². The summed E-state index contributed by atoms with van der Waals surface area (Å²) in [5.41, 5.74) is 12.8. The normalized spacial score (nSPS) is 10.6. The highest BCUT2D eigenvalue weighted by atomic mass is 35.5. The van der Waals surface area contributed by atoms with Crippen molar-refractivity contribution >= 4 is 40.7 Å². The molecule has 20 heavy (non-hydrogen) atoms. The number of rotatable bonds is 5. The molecule has 0 saturated carbocycles. The van der Waals surface area contributed by atoms with E-state index in [1.807, 2.05) is 12.1 Å². The Morgan fingerprint density at radius 2 is 1.80 bits per heavy atom. The summed E-state index contributed by atoms with van der Waals surface area (Å²) in [5.74, 6) is 0.659. The van der Waals surface area contributed by atoms with E-state index in [1.54, 1.807) is 12.1 Å². The SMILES string of the molecule is NCCCc1nc(Nc2ccc(Cl)cc2)nc(N)c1Cl. The van der Waals surface area contributed by atoms with Gasteiger partial charge in [0.15, 0.2) is 0 Å². The third-order valence-corrected chi connectivity index (χ3v) is 3.33. The van der Waals surface area contributed by atoms with Gasteiger partial charge in [-0.3, -0.25) is 0 Å². The molecule has 0 amide bonds. The van der Waals surface area contributed by atoms with Gasteiger partial charge in [0.25, 0.3) is 0 Å². The quantitative estimate of drug-likeness (QED) is 0.789. The van der Waals surface area contributed by atoms with Crippen LogP contribution < -0.4 is 16.8 Å². The predicted octanol–water partition coefficient (Wildman–Crippen LogP) is 3.00. The second-order valence-corrected chi connectivity index (χ2v) is 5.03. The molecule has 0 saturated heterocycles. The van der Waals surface area contributed by atoms with Gasteiger partial charge in [0.2, 0.25) is 5.95 Å². The molecule has 5 N–H and O–H groups in total. The van der Waals surface area contributed by atoms with E-state index in [1.165, 1.54) is 0 Å². The van der Waals surface area contributed by atoms with Gasteiger partial charge in [-0.2, -0.15) is 4.98 Å². The summed E-state index contributed by atoms with van der Waals surface area (Å²) in [4.78, 5) is 8.48. The van der Waals surface area contributed by atoms with Gasteiger partial charge in [-0.15, -0.1) is 0 Å². The second kappa shape index (κ2) is 6.74. The van der Waals surface area contributed by atoms with E-state index >= 15 is 0 Å². The van der Waals surface area contributed by atoms with E-state index in [4.69, 9.17) is 34.7 Å². The van der Waals surface area contributed by atoms with Gasteiger partial charge in [-0.1, -0.05) is 23.2 Å². The zero-order chi connectivity index (χ0) is 14.5. The van der Waals surface area contributed by atoms with Gasteiger partial charge in [-0.05, 0) is 43.7 Å². The molecule has 0 unspecified atom stereocenters. The maximum Gasteiger partial charge on any atom is 0.229 e. The molecule has 2 rings (SSSR count). The molecule has 0 bridgehead atoms. The highest BCUT2D eigenvalue weighted by Crippen LogP contribution is 2.24. The van der Waals surface area contributed by atoms with Crippen molar-refractivity contribution in [1.29, 1.82) is 0 Å². The molecule has 7 heteroatoms. The number of nitrogens with zero attached hydrogens (tertiary/aromatic N) is 2. The van der Waals surface area contributed by atoms with Crippen molar-refractivity contribution in [2.45, 2.75) is 12.8 Å². The van der Waals surface area contributed by atoms with E-state index < -0.39 is 0 Å². The fourth-order valence-electron chi connectivity index (χ4n) is 1.67. The van der Waals surface area contributed by atoms with Crippen molar-refractivity contribution in [3.8, 4) is 0 Å². The Morgan fingerprint density at radius 1 is 1.10 bits per heavy atom. The number of hydrogen-bond donors (Lipinski definition) is 3. The zero-order valence-corrected chi connectivity index (χ0v) is 12.2. The van der Waals surface area contributed by atoms with Crippen LogP contribution in [-0.4, -0.2) is 16.5 Å². The number of benzene rings is 1.